The molecular weight excluding hydrogens is 136 g/mol. The van der Waals surface area contributed by atoms with Gasteiger partial charge in [-0.2, -0.15) is 5.26 Å². The van der Waals surface area contributed by atoms with Gasteiger partial charge in [0.15, 0.2) is 0 Å². The zero-order valence-electron chi connectivity index (χ0n) is 7.01. The average Bonchev–Trinajstić information content (AvgIpc) is 2.05. The summed E-state index contributed by atoms with van der Waals surface area (Å²) in [6, 6.07) is 2.12. The molecule has 0 fully saturated rings. The van der Waals surface area contributed by atoms with Gasteiger partial charge in [-0.15, -0.1) is 12.3 Å². The Balaban J connectivity index is 3.44. The zero-order valence-corrected chi connectivity index (χ0v) is 7.01. The molecule has 0 amide bonds. The molecule has 0 bridgehead atoms. The molecule has 0 aliphatic heterocycles. The summed E-state index contributed by atoms with van der Waals surface area (Å²) in [5.41, 5.74) is 0. The van der Waals surface area contributed by atoms with Crippen LogP contribution in [-0.4, -0.2) is 24.5 Å². The molecule has 0 aliphatic rings. The molecule has 0 spiro atoms. The second-order valence-electron chi connectivity index (χ2n) is 2.30. The predicted molar refractivity (Wildman–Crippen MR) is 45.8 cm³/mol. The minimum Gasteiger partial charge on any atom is -0.302 e. The van der Waals surface area contributed by atoms with Crippen molar-refractivity contribution in [3.8, 4) is 18.4 Å². The quantitative estimate of drug-likeness (QED) is 0.551. The van der Waals surface area contributed by atoms with Crippen LogP contribution in [0.15, 0.2) is 0 Å². The van der Waals surface area contributed by atoms with E-state index in [1.807, 2.05) is 0 Å². The highest BCUT2D eigenvalue weighted by Crippen LogP contribution is 1.91. The van der Waals surface area contributed by atoms with Crippen molar-refractivity contribution in [2.75, 3.05) is 19.6 Å². The van der Waals surface area contributed by atoms with Crippen molar-refractivity contribution in [3.05, 3.63) is 0 Å². The Morgan fingerprint density at radius 1 is 1.36 bits per heavy atom. The van der Waals surface area contributed by atoms with Gasteiger partial charge in [0.1, 0.15) is 0 Å². The number of terminal acetylenes is 1. The first kappa shape index (κ1) is 10.0. The first-order valence-electron chi connectivity index (χ1n) is 3.88. The maximum Gasteiger partial charge on any atom is 0.0635 e. The monoisotopic (exact) mass is 150 g/mol. The van der Waals surface area contributed by atoms with E-state index in [4.69, 9.17) is 11.7 Å². The third-order valence-corrected chi connectivity index (χ3v) is 1.56. The molecule has 0 saturated heterocycles. The molecular formula is C9H14N2. The summed E-state index contributed by atoms with van der Waals surface area (Å²) in [4.78, 5) is 2.18. The molecule has 0 N–H and O–H groups in total. The average molecular weight is 150 g/mol. The lowest BCUT2D eigenvalue weighted by molar-refractivity contribution is 0.302. The SMILES string of the molecule is C#CCCN(CC)CCC#N. The van der Waals surface area contributed by atoms with Gasteiger partial charge in [0.2, 0.25) is 0 Å². The smallest absolute Gasteiger partial charge is 0.0635 e. The number of hydrogen-bond donors (Lipinski definition) is 0. The largest absolute Gasteiger partial charge is 0.302 e. The first-order valence-corrected chi connectivity index (χ1v) is 3.88. The number of hydrogen-bond acceptors (Lipinski definition) is 2. The van der Waals surface area contributed by atoms with Crippen LogP contribution in [0, 0.1) is 23.7 Å². The van der Waals surface area contributed by atoms with Crippen LogP contribution in [0.4, 0.5) is 0 Å². The van der Waals surface area contributed by atoms with Crippen molar-refractivity contribution in [1.29, 1.82) is 5.26 Å². The number of rotatable bonds is 5. The minimum atomic E-state index is 0.596. The summed E-state index contributed by atoms with van der Waals surface area (Å²) < 4.78 is 0. The van der Waals surface area contributed by atoms with Crippen LogP contribution in [0.3, 0.4) is 0 Å². The van der Waals surface area contributed by atoms with Crippen LogP contribution >= 0.6 is 0 Å². The highest BCUT2D eigenvalue weighted by atomic mass is 15.1. The summed E-state index contributed by atoms with van der Waals surface area (Å²) in [6.07, 6.45) is 6.49. The highest BCUT2D eigenvalue weighted by Gasteiger charge is 1.98. The van der Waals surface area contributed by atoms with Gasteiger partial charge >= 0.3 is 0 Å². The van der Waals surface area contributed by atoms with E-state index in [-0.39, 0.29) is 0 Å². The summed E-state index contributed by atoms with van der Waals surface area (Å²) in [6.45, 7) is 4.81. The fourth-order valence-electron chi connectivity index (χ4n) is 0.859. The van der Waals surface area contributed by atoms with Gasteiger partial charge in [0, 0.05) is 25.9 Å². The van der Waals surface area contributed by atoms with Crippen molar-refractivity contribution in [2.45, 2.75) is 19.8 Å². The third kappa shape index (κ3) is 5.45. The summed E-state index contributed by atoms with van der Waals surface area (Å²) >= 11 is 0. The molecule has 0 radical (unpaired) electrons. The molecule has 0 heterocycles. The van der Waals surface area contributed by atoms with E-state index >= 15 is 0 Å². The van der Waals surface area contributed by atoms with E-state index in [9.17, 15) is 0 Å². The van der Waals surface area contributed by atoms with Crippen molar-refractivity contribution in [2.24, 2.45) is 0 Å². The van der Waals surface area contributed by atoms with Gasteiger partial charge < -0.3 is 4.90 Å². The van der Waals surface area contributed by atoms with Gasteiger partial charge in [-0.25, -0.2) is 0 Å². The summed E-state index contributed by atoms with van der Waals surface area (Å²) in [7, 11) is 0. The standard InChI is InChI=1S/C9H14N2/c1-3-5-8-11(4-2)9-6-7-10/h1H,4-6,8-9H2,2H3. The lowest BCUT2D eigenvalue weighted by Crippen LogP contribution is -2.25. The molecule has 0 saturated carbocycles. The minimum absolute atomic E-state index is 0.596. The Bertz CT molecular complexity index is 143. The van der Waals surface area contributed by atoms with Crippen molar-refractivity contribution in [3.63, 3.8) is 0 Å². The van der Waals surface area contributed by atoms with E-state index in [2.05, 4.69) is 23.8 Å². The van der Waals surface area contributed by atoms with Crippen LogP contribution in [0.1, 0.15) is 19.8 Å². The topological polar surface area (TPSA) is 27.0 Å². The van der Waals surface area contributed by atoms with Gasteiger partial charge in [-0.3, -0.25) is 0 Å². The van der Waals surface area contributed by atoms with Crippen LogP contribution in [-0.2, 0) is 0 Å². The van der Waals surface area contributed by atoms with Crippen molar-refractivity contribution >= 4 is 0 Å². The van der Waals surface area contributed by atoms with Gasteiger partial charge in [-0.1, -0.05) is 6.92 Å². The Labute approximate surface area is 68.8 Å². The molecule has 2 heteroatoms. The molecule has 2 nitrogen and oxygen atoms in total. The van der Waals surface area contributed by atoms with Crippen LogP contribution in [0.25, 0.3) is 0 Å². The Morgan fingerprint density at radius 2 is 2.00 bits per heavy atom. The summed E-state index contributed by atoms with van der Waals surface area (Å²) in [5.74, 6) is 2.58. The van der Waals surface area contributed by atoms with Crippen LogP contribution in [0.5, 0.6) is 0 Å². The maximum absolute atomic E-state index is 8.32. The summed E-state index contributed by atoms with van der Waals surface area (Å²) in [5, 5.41) is 8.32. The van der Waals surface area contributed by atoms with Crippen molar-refractivity contribution in [1.82, 2.24) is 4.90 Å². The third-order valence-electron chi connectivity index (χ3n) is 1.56. The fourth-order valence-corrected chi connectivity index (χ4v) is 0.859. The second kappa shape index (κ2) is 7.12. The van der Waals surface area contributed by atoms with E-state index in [0.29, 0.717) is 6.42 Å². The zero-order chi connectivity index (χ0) is 8.53. The van der Waals surface area contributed by atoms with Gasteiger partial charge in [0.05, 0.1) is 6.07 Å². The highest BCUT2D eigenvalue weighted by molar-refractivity contribution is 4.85. The number of nitrogens with zero attached hydrogens (tertiary/aromatic N) is 2. The van der Waals surface area contributed by atoms with Crippen LogP contribution in [0.2, 0.25) is 0 Å². The van der Waals surface area contributed by atoms with E-state index in [1.54, 1.807) is 0 Å². The molecule has 11 heavy (non-hydrogen) atoms. The van der Waals surface area contributed by atoms with Gasteiger partial charge in [-0.05, 0) is 6.54 Å². The van der Waals surface area contributed by atoms with E-state index in [0.717, 1.165) is 26.1 Å². The molecule has 0 rings (SSSR count). The first-order chi connectivity index (χ1) is 5.35. The molecule has 0 atom stereocenters. The Morgan fingerprint density at radius 3 is 2.45 bits per heavy atom. The fraction of sp³-hybridized carbons (Fsp3) is 0.667. The van der Waals surface area contributed by atoms with E-state index in [1.165, 1.54) is 0 Å². The molecule has 0 aromatic rings. The van der Waals surface area contributed by atoms with Crippen molar-refractivity contribution < 1.29 is 0 Å². The molecule has 0 aliphatic carbocycles. The lowest BCUT2D eigenvalue weighted by atomic mass is 10.3. The number of nitriles is 1. The maximum atomic E-state index is 8.32. The second-order valence-corrected chi connectivity index (χ2v) is 2.30. The Hall–Kier alpha value is -0.990. The lowest BCUT2D eigenvalue weighted by Gasteiger charge is -2.16. The normalized spacial score (nSPS) is 9.09. The molecule has 60 valence electrons. The molecule has 0 unspecified atom stereocenters. The predicted octanol–water partition coefficient (Wildman–Crippen LogP) is 1.25. The van der Waals surface area contributed by atoms with E-state index < -0.39 is 0 Å². The molecule has 0 aromatic heterocycles. The van der Waals surface area contributed by atoms with Gasteiger partial charge in [0.25, 0.3) is 0 Å². The van der Waals surface area contributed by atoms with Crippen LogP contribution < -0.4 is 0 Å². The Kier molecular flexibility index (Phi) is 6.48. The molecule has 0 aromatic carbocycles.